The van der Waals surface area contributed by atoms with E-state index < -0.39 is 5.97 Å². The van der Waals surface area contributed by atoms with Crippen LogP contribution in [0.4, 0.5) is 5.82 Å². The summed E-state index contributed by atoms with van der Waals surface area (Å²) < 4.78 is 0. The van der Waals surface area contributed by atoms with E-state index in [1.807, 2.05) is 6.07 Å². The zero-order valence-electron chi connectivity index (χ0n) is 12.8. The van der Waals surface area contributed by atoms with Crippen LogP contribution in [0.1, 0.15) is 67.1 Å². The predicted octanol–water partition coefficient (Wildman–Crippen LogP) is 3.43. The highest BCUT2D eigenvalue weighted by molar-refractivity contribution is 5.93. The molecule has 4 nitrogen and oxygen atoms in total. The lowest BCUT2D eigenvalue weighted by Gasteiger charge is -2.31. The maximum atomic E-state index is 11.7. The maximum absolute atomic E-state index is 11.7. The van der Waals surface area contributed by atoms with E-state index in [0.29, 0.717) is 17.4 Å². The molecule has 0 radical (unpaired) electrons. The number of carboxylic acid groups (broad SMARTS) is 1. The number of hydrogen-bond donors (Lipinski definition) is 1. The fraction of sp³-hybridized carbons (Fsp3) is 0.647. The van der Waals surface area contributed by atoms with Crippen LogP contribution >= 0.6 is 0 Å². The van der Waals surface area contributed by atoms with Gasteiger partial charge in [0.15, 0.2) is 0 Å². The van der Waals surface area contributed by atoms with E-state index >= 15 is 0 Å². The largest absolute Gasteiger partial charge is 0.478 e. The average Bonchev–Trinajstić information content (AvgIpc) is 2.70. The molecule has 1 fully saturated rings. The zero-order chi connectivity index (χ0) is 14.8. The van der Waals surface area contributed by atoms with Crippen LogP contribution in [0.5, 0.6) is 0 Å². The average molecular weight is 288 g/mol. The molecule has 2 heterocycles. The van der Waals surface area contributed by atoms with Crippen LogP contribution in [-0.2, 0) is 12.8 Å². The van der Waals surface area contributed by atoms with Crippen molar-refractivity contribution >= 4 is 11.8 Å². The summed E-state index contributed by atoms with van der Waals surface area (Å²) in [5, 5.41) is 9.59. The van der Waals surface area contributed by atoms with Crippen molar-refractivity contribution in [2.75, 3.05) is 11.4 Å². The van der Waals surface area contributed by atoms with Crippen molar-refractivity contribution in [1.82, 2.24) is 4.98 Å². The SMILES string of the molecule is CC1CCCCCN1c1nc2c(cc1C(=O)O)CCCC2. The molecule has 114 valence electrons. The van der Waals surface area contributed by atoms with Gasteiger partial charge in [0.1, 0.15) is 11.4 Å². The Morgan fingerprint density at radius 3 is 2.86 bits per heavy atom. The summed E-state index contributed by atoms with van der Waals surface area (Å²) in [4.78, 5) is 18.7. The van der Waals surface area contributed by atoms with Crippen LogP contribution in [0.25, 0.3) is 0 Å². The Morgan fingerprint density at radius 1 is 1.24 bits per heavy atom. The normalized spacial score (nSPS) is 22.5. The van der Waals surface area contributed by atoms with Crippen LogP contribution in [0.2, 0.25) is 0 Å². The maximum Gasteiger partial charge on any atom is 0.339 e. The molecule has 0 aromatic carbocycles. The number of nitrogens with zero attached hydrogens (tertiary/aromatic N) is 2. The quantitative estimate of drug-likeness (QED) is 0.906. The van der Waals surface area contributed by atoms with Crippen molar-refractivity contribution in [2.45, 2.75) is 64.3 Å². The first-order valence-corrected chi connectivity index (χ1v) is 8.19. The van der Waals surface area contributed by atoms with E-state index in [0.717, 1.165) is 49.9 Å². The number of carboxylic acids is 1. The molecular weight excluding hydrogens is 264 g/mol. The van der Waals surface area contributed by atoms with Crippen molar-refractivity contribution in [3.63, 3.8) is 0 Å². The van der Waals surface area contributed by atoms with Gasteiger partial charge in [0, 0.05) is 18.3 Å². The molecule has 1 saturated heterocycles. The molecule has 0 saturated carbocycles. The monoisotopic (exact) mass is 288 g/mol. The van der Waals surface area contributed by atoms with Gasteiger partial charge in [-0.3, -0.25) is 0 Å². The second-order valence-corrected chi connectivity index (χ2v) is 6.37. The van der Waals surface area contributed by atoms with Crippen molar-refractivity contribution in [3.8, 4) is 0 Å². The molecule has 0 bridgehead atoms. The van der Waals surface area contributed by atoms with Gasteiger partial charge in [-0.2, -0.15) is 0 Å². The Morgan fingerprint density at radius 2 is 2.05 bits per heavy atom. The minimum Gasteiger partial charge on any atom is -0.478 e. The number of aryl methyl sites for hydroxylation is 2. The first kappa shape index (κ1) is 14.4. The Bertz CT molecular complexity index is 542. The first-order valence-electron chi connectivity index (χ1n) is 8.19. The van der Waals surface area contributed by atoms with Gasteiger partial charge >= 0.3 is 5.97 Å². The van der Waals surface area contributed by atoms with E-state index in [1.165, 1.54) is 19.3 Å². The van der Waals surface area contributed by atoms with Gasteiger partial charge in [0.25, 0.3) is 0 Å². The fourth-order valence-corrected chi connectivity index (χ4v) is 3.59. The number of anilines is 1. The lowest BCUT2D eigenvalue weighted by atomic mass is 9.94. The van der Waals surface area contributed by atoms with Crippen molar-refractivity contribution in [3.05, 3.63) is 22.9 Å². The molecule has 0 amide bonds. The van der Waals surface area contributed by atoms with Gasteiger partial charge in [-0.15, -0.1) is 0 Å². The second kappa shape index (κ2) is 6.04. The highest BCUT2D eigenvalue weighted by atomic mass is 16.4. The number of rotatable bonds is 2. The third kappa shape index (κ3) is 2.89. The predicted molar refractivity (Wildman–Crippen MR) is 83.1 cm³/mol. The number of fused-ring (bicyclic) bond motifs is 1. The molecule has 1 atom stereocenters. The van der Waals surface area contributed by atoms with Crippen LogP contribution in [-0.4, -0.2) is 28.6 Å². The molecule has 1 N–H and O–H groups in total. The lowest BCUT2D eigenvalue weighted by molar-refractivity contribution is 0.0697. The van der Waals surface area contributed by atoms with Crippen LogP contribution in [0.3, 0.4) is 0 Å². The molecule has 4 heteroatoms. The number of carbonyl (C=O) groups is 1. The van der Waals surface area contributed by atoms with E-state index in [2.05, 4.69) is 11.8 Å². The summed E-state index contributed by atoms with van der Waals surface area (Å²) in [7, 11) is 0. The van der Waals surface area contributed by atoms with Gasteiger partial charge in [-0.25, -0.2) is 9.78 Å². The number of pyridine rings is 1. The van der Waals surface area contributed by atoms with E-state index in [-0.39, 0.29) is 0 Å². The van der Waals surface area contributed by atoms with Crippen molar-refractivity contribution in [2.24, 2.45) is 0 Å². The fourth-order valence-electron chi connectivity index (χ4n) is 3.59. The third-order valence-electron chi connectivity index (χ3n) is 4.84. The second-order valence-electron chi connectivity index (χ2n) is 6.37. The lowest BCUT2D eigenvalue weighted by Crippen LogP contribution is -2.35. The van der Waals surface area contributed by atoms with Gasteiger partial charge in [-0.05, 0) is 57.1 Å². The number of aromatic nitrogens is 1. The molecular formula is C17H24N2O2. The molecule has 1 aromatic rings. The highest BCUT2D eigenvalue weighted by Crippen LogP contribution is 2.30. The third-order valence-corrected chi connectivity index (χ3v) is 4.84. The summed E-state index contributed by atoms with van der Waals surface area (Å²) in [6.07, 6.45) is 8.98. The standard InChI is InChI=1S/C17H24N2O2/c1-12-7-3-2-6-10-19(12)16-14(17(20)21)11-13-8-4-5-9-15(13)18-16/h11-12H,2-10H2,1H3,(H,20,21). The summed E-state index contributed by atoms with van der Waals surface area (Å²) >= 11 is 0. The Labute approximate surface area is 126 Å². The van der Waals surface area contributed by atoms with Crippen LogP contribution < -0.4 is 4.90 Å². The van der Waals surface area contributed by atoms with Crippen molar-refractivity contribution < 1.29 is 9.90 Å². The summed E-state index contributed by atoms with van der Waals surface area (Å²) in [6, 6.07) is 2.26. The Hall–Kier alpha value is -1.58. The molecule has 2 aliphatic rings. The highest BCUT2D eigenvalue weighted by Gasteiger charge is 2.26. The molecule has 1 aliphatic heterocycles. The first-order chi connectivity index (χ1) is 10.2. The summed E-state index contributed by atoms with van der Waals surface area (Å²) in [6.45, 7) is 3.12. The minimum absolute atomic E-state index is 0.375. The van der Waals surface area contributed by atoms with Crippen LogP contribution in [0, 0.1) is 0 Å². The topological polar surface area (TPSA) is 53.4 Å². The molecule has 21 heavy (non-hydrogen) atoms. The van der Waals surface area contributed by atoms with Gasteiger partial charge in [0.2, 0.25) is 0 Å². The van der Waals surface area contributed by atoms with E-state index in [4.69, 9.17) is 4.98 Å². The number of aromatic carboxylic acids is 1. The van der Waals surface area contributed by atoms with Crippen molar-refractivity contribution in [1.29, 1.82) is 0 Å². The zero-order valence-corrected chi connectivity index (χ0v) is 12.8. The van der Waals surface area contributed by atoms with Crippen LogP contribution in [0.15, 0.2) is 6.07 Å². The molecule has 0 spiro atoms. The smallest absolute Gasteiger partial charge is 0.339 e. The summed E-state index contributed by atoms with van der Waals surface area (Å²) in [5.74, 6) is -0.139. The Kier molecular flexibility index (Phi) is 4.13. The minimum atomic E-state index is -0.845. The van der Waals surface area contributed by atoms with E-state index in [9.17, 15) is 9.90 Å². The molecule has 1 aromatic heterocycles. The molecule has 1 aliphatic carbocycles. The van der Waals surface area contributed by atoms with Gasteiger partial charge in [0.05, 0.1) is 0 Å². The number of hydrogen-bond acceptors (Lipinski definition) is 3. The Balaban J connectivity index is 2.04. The van der Waals surface area contributed by atoms with E-state index in [1.54, 1.807) is 0 Å². The molecule has 3 rings (SSSR count). The molecule has 1 unspecified atom stereocenters. The summed E-state index contributed by atoms with van der Waals surface area (Å²) in [5.41, 5.74) is 2.66. The van der Waals surface area contributed by atoms with Gasteiger partial charge < -0.3 is 10.0 Å². The van der Waals surface area contributed by atoms with Gasteiger partial charge in [-0.1, -0.05) is 12.8 Å².